The van der Waals surface area contributed by atoms with Gasteiger partial charge in [-0.3, -0.25) is 4.79 Å². The molecule has 0 radical (unpaired) electrons. The molecule has 1 heterocycles. The van der Waals surface area contributed by atoms with Crippen molar-refractivity contribution in [3.05, 3.63) is 82.8 Å². The first-order chi connectivity index (χ1) is 16.7. The van der Waals surface area contributed by atoms with Crippen LogP contribution >= 0.6 is 0 Å². The topological polar surface area (TPSA) is 130 Å². The first kappa shape index (κ1) is 13.7. The van der Waals surface area contributed by atoms with E-state index in [2.05, 4.69) is 0 Å². The molecule has 1 unspecified atom stereocenters. The minimum Gasteiger partial charge on any atom is -0.460 e. The van der Waals surface area contributed by atoms with E-state index in [1.165, 1.54) is 0 Å². The monoisotopic (exact) mass is 424 g/mol. The van der Waals surface area contributed by atoms with Crippen LogP contribution in [0.2, 0.25) is 0 Å². The van der Waals surface area contributed by atoms with Gasteiger partial charge in [0.05, 0.1) is 9.60 Å². The van der Waals surface area contributed by atoms with Crippen molar-refractivity contribution in [2.75, 3.05) is 0 Å². The molecule has 1 atom stereocenters. The molecule has 0 bridgehead atoms. The number of carbonyl (C=O) groups excluding carboxylic acids is 3. The van der Waals surface area contributed by atoms with Gasteiger partial charge in [-0.1, -0.05) is 61.4 Å². The summed E-state index contributed by atoms with van der Waals surface area (Å²) in [6.07, 6.45) is -0.313. The van der Waals surface area contributed by atoms with Gasteiger partial charge in [-0.05, 0) is 17.5 Å². The van der Waals surface area contributed by atoms with Crippen LogP contribution in [0.1, 0.15) is 39.3 Å². The lowest BCUT2D eigenvalue weighted by Gasteiger charge is -2.10. The van der Waals surface area contributed by atoms with Gasteiger partial charge in [0.2, 0.25) is 17.4 Å². The standard InChI is InChI=1S/C19H19NO5S.CO2/c1-2-13-8-10-15(11-9-13)17-16(21)18(19(20)24-17)25-26(22,23)12-14-6-4-3-5-7-14;2-1-3/h3-11,17H,2,12,20H2,1H3;/i3D,4D,5D,6D,7D,12D2;. The molecule has 0 aliphatic carbocycles. The van der Waals surface area contributed by atoms with Crippen LogP contribution < -0.4 is 5.73 Å². The smallest absolute Gasteiger partial charge is 0.373 e. The van der Waals surface area contributed by atoms with Crippen molar-refractivity contribution < 1.29 is 41.3 Å². The molecule has 0 fully saturated rings. The summed E-state index contributed by atoms with van der Waals surface area (Å²) in [4.78, 5) is 29.0. The van der Waals surface area contributed by atoms with Crippen molar-refractivity contribution in [1.29, 1.82) is 0 Å². The quantitative estimate of drug-likeness (QED) is 0.697. The van der Waals surface area contributed by atoms with Gasteiger partial charge in [-0.2, -0.15) is 18.0 Å². The van der Waals surface area contributed by atoms with Gasteiger partial charge in [0, 0.05) is 5.56 Å². The Kier molecular flexibility index (Phi) is 4.57. The summed E-state index contributed by atoms with van der Waals surface area (Å²) in [7, 11) is -5.44. The van der Waals surface area contributed by atoms with Gasteiger partial charge >= 0.3 is 16.3 Å². The number of carbonyl (C=O) groups is 1. The van der Waals surface area contributed by atoms with Crippen LogP contribution in [0.3, 0.4) is 0 Å². The Bertz CT molecular complexity index is 1340. The molecule has 8 nitrogen and oxygen atoms in total. The number of rotatable bonds is 6. The van der Waals surface area contributed by atoms with Crippen molar-refractivity contribution in [2.24, 2.45) is 5.73 Å². The van der Waals surface area contributed by atoms with Crippen LogP contribution in [-0.2, 0) is 45.5 Å². The Morgan fingerprint density at radius 1 is 1.17 bits per heavy atom. The Hall–Kier alpha value is -3.42. The Balaban J connectivity index is 0.00000145. The highest BCUT2D eigenvalue weighted by Crippen LogP contribution is 2.32. The first-order valence-electron chi connectivity index (χ1n) is 11.5. The maximum atomic E-state index is 12.8. The number of nitrogens with two attached hydrogens (primary N) is 1. The van der Waals surface area contributed by atoms with Gasteiger partial charge in [0.25, 0.3) is 0 Å². The van der Waals surface area contributed by atoms with Crippen molar-refractivity contribution in [2.45, 2.75) is 25.2 Å². The predicted octanol–water partition coefficient (Wildman–Crippen LogP) is 1.98. The second-order valence-corrected chi connectivity index (χ2v) is 6.65. The van der Waals surface area contributed by atoms with Crippen molar-refractivity contribution >= 4 is 22.1 Å². The van der Waals surface area contributed by atoms with E-state index in [9.17, 15) is 13.2 Å². The third-order valence-electron chi connectivity index (χ3n) is 3.54. The Morgan fingerprint density at radius 2 is 1.76 bits per heavy atom. The molecule has 1 aliphatic heterocycles. The molecule has 9 heteroatoms. The fourth-order valence-corrected chi connectivity index (χ4v) is 3.04. The second-order valence-electron chi connectivity index (χ2n) is 5.37. The van der Waals surface area contributed by atoms with Gasteiger partial charge in [0.1, 0.15) is 5.70 Å². The molecule has 0 amide bonds. The molecule has 0 saturated heterocycles. The molecule has 152 valence electrons. The molecule has 2 aromatic rings. The maximum Gasteiger partial charge on any atom is 0.373 e. The van der Waals surface area contributed by atoms with Crippen molar-refractivity contribution in [3.63, 3.8) is 0 Å². The lowest BCUT2D eigenvalue weighted by atomic mass is 10.0. The number of ketones is 1. The van der Waals surface area contributed by atoms with Gasteiger partial charge in [-0.15, -0.1) is 0 Å². The van der Waals surface area contributed by atoms with Crippen LogP contribution in [-0.4, -0.2) is 20.4 Å². The van der Waals surface area contributed by atoms with E-state index in [0.717, 1.165) is 12.0 Å². The zero-order valence-corrected chi connectivity index (χ0v) is 15.8. The highest BCUT2D eigenvalue weighted by Gasteiger charge is 2.39. The van der Waals surface area contributed by atoms with E-state index in [1.807, 2.05) is 6.92 Å². The van der Waals surface area contributed by atoms with Gasteiger partial charge in [-0.25, -0.2) is 0 Å². The fourth-order valence-electron chi connectivity index (χ4n) is 2.26. The molecule has 0 spiro atoms. The normalized spacial score (nSPS) is 19.7. The average molecular weight is 424 g/mol. The highest BCUT2D eigenvalue weighted by atomic mass is 32.2. The lowest BCUT2D eigenvalue weighted by Crippen LogP contribution is -2.16. The third-order valence-corrected chi connectivity index (χ3v) is 4.38. The maximum absolute atomic E-state index is 12.8. The zero-order chi connectivity index (χ0) is 27.6. The third kappa shape index (κ3) is 5.78. The molecule has 0 saturated carbocycles. The summed E-state index contributed by atoms with van der Waals surface area (Å²) < 4.78 is 90.2. The van der Waals surface area contributed by atoms with Gasteiger partial charge < -0.3 is 14.7 Å². The SMILES string of the molecule is O=C=O.[2H]c1c([2H])c([2H])c(C([2H])([2H])S(=O)(=O)OC2=C(N)OC(c3ccc(CC)cc3)C2=O)c([2H])c1[2H]. The van der Waals surface area contributed by atoms with Crippen LogP contribution in [0.4, 0.5) is 0 Å². The van der Waals surface area contributed by atoms with Crippen LogP contribution in [0.25, 0.3) is 0 Å². The molecule has 29 heavy (non-hydrogen) atoms. The highest BCUT2D eigenvalue weighted by molar-refractivity contribution is 7.86. The molecule has 3 rings (SSSR count). The van der Waals surface area contributed by atoms with Crippen LogP contribution in [0.5, 0.6) is 0 Å². The van der Waals surface area contributed by atoms with E-state index >= 15 is 0 Å². The summed E-state index contributed by atoms with van der Waals surface area (Å²) >= 11 is 0. The van der Waals surface area contributed by atoms with Crippen LogP contribution in [0.15, 0.2) is 66.1 Å². The first-order valence-corrected chi connectivity index (χ1v) is 9.37. The molecular weight excluding hydrogens is 398 g/mol. The number of ether oxygens (including phenoxy) is 1. The minimum absolute atomic E-state index is 0.250. The summed E-state index contributed by atoms with van der Waals surface area (Å²) in [6, 6.07) is 1.86. The lowest BCUT2D eigenvalue weighted by molar-refractivity contribution is -0.191. The zero-order valence-electron chi connectivity index (χ0n) is 21.9. The van der Waals surface area contributed by atoms with E-state index in [1.54, 1.807) is 24.3 Å². The number of aryl methyl sites for hydroxylation is 1. The summed E-state index contributed by atoms with van der Waals surface area (Å²) in [5.41, 5.74) is 2.19. The Morgan fingerprint density at radius 3 is 2.31 bits per heavy atom. The van der Waals surface area contributed by atoms with E-state index < -0.39 is 75.1 Å². The molecule has 1 aliphatic rings. The fraction of sp³-hybridized carbons (Fsp3) is 0.200. The minimum atomic E-state index is -5.44. The predicted molar refractivity (Wildman–Crippen MR) is 101 cm³/mol. The Labute approximate surface area is 177 Å². The summed E-state index contributed by atoms with van der Waals surface area (Å²) in [5, 5.41) is 0. The van der Waals surface area contributed by atoms with Crippen molar-refractivity contribution in [3.8, 4) is 0 Å². The molecule has 2 aromatic carbocycles. The number of hydrogen-bond acceptors (Lipinski definition) is 8. The number of Topliss-reactive ketones (excluding diaryl/α,β-unsaturated/α-hetero) is 1. The van der Waals surface area contributed by atoms with E-state index in [-0.39, 0.29) is 6.15 Å². The number of hydrogen-bond donors (Lipinski definition) is 1. The van der Waals surface area contributed by atoms with E-state index in [0.29, 0.717) is 5.56 Å². The molecule has 2 N–H and O–H groups in total. The average Bonchev–Trinajstić information content (AvgIpc) is 3.10. The van der Waals surface area contributed by atoms with Gasteiger partial charge in [0.15, 0.2) is 6.10 Å². The molecular formula is C20H19NO7S. The van der Waals surface area contributed by atoms with E-state index in [4.69, 9.17) is 33.8 Å². The summed E-state index contributed by atoms with van der Waals surface area (Å²) in [6.45, 7) is 1.94. The molecule has 0 aromatic heterocycles. The van der Waals surface area contributed by atoms with Crippen LogP contribution in [0, 0.1) is 0 Å². The van der Waals surface area contributed by atoms with Crippen molar-refractivity contribution in [1.82, 2.24) is 0 Å². The summed E-state index contributed by atoms with van der Waals surface area (Å²) in [5.74, 6) is -2.63. The largest absolute Gasteiger partial charge is 0.460 e. The second kappa shape index (κ2) is 9.68. The number of benzene rings is 2.